The predicted octanol–water partition coefficient (Wildman–Crippen LogP) is 4.66. The van der Waals surface area contributed by atoms with Gasteiger partial charge in [0.1, 0.15) is 0 Å². The summed E-state index contributed by atoms with van der Waals surface area (Å²) in [6.45, 7) is 2.01. The Morgan fingerprint density at radius 2 is 1.96 bits per heavy atom. The molecule has 0 spiro atoms. The van der Waals surface area contributed by atoms with Crippen LogP contribution in [0.25, 0.3) is 10.2 Å². The van der Waals surface area contributed by atoms with Gasteiger partial charge in [-0.3, -0.25) is 4.79 Å². The molecule has 0 aliphatic rings. The number of benzene rings is 2. The van der Waals surface area contributed by atoms with E-state index in [1.54, 1.807) is 11.8 Å². The Kier molecular flexibility index (Phi) is 4.62. The van der Waals surface area contributed by atoms with Gasteiger partial charge in [0.2, 0.25) is 0 Å². The fourth-order valence-electron chi connectivity index (χ4n) is 2.46. The zero-order valence-electron chi connectivity index (χ0n) is 13.0. The summed E-state index contributed by atoms with van der Waals surface area (Å²) in [6, 6.07) is 11.3. The monoisotopic (exact) mass is 362 g/mol. The van der Waals surface area contributed by atoms with Crippen molar-refractivity contribution in [2.75, 3.05) is 6.26 Å². The highest BCUT2D eigenvalue weighted by Gasteiger charge is 2.09. The van der Waals surface area contributed by atoms with Crippen LogP contribution in [0.15, 0.2) is 46.3 Å². The number of carbonyl (C=O) groups is 1. The van der Waals surface area contributed by atoms with Gasteiger partial charge in [-0.15, -0.1) is 11.8 Å². The van der Waals surface area contributed by atoms with Gasteiger partial charge in [0, 0.05) is 22.5 Å². The molecule has 0 radical (unpaired) electrons. The second-order valence-corrected chi connectivity index (χ2v) is 7.48. The summed E-state index contributed by atoms with van der Waals surface area (Å²) in [5.41, 5.74) is 2.73. The third kappa shape index (κ3) is 3.22. The lowest BCUT2D eigenvalue weighted by atomic mass is 10.2. The first kappa shape index (κ1) is 16.3. The minimum Gasteiger partial charge on any atom is -0.319 e. The molecule has 23 heavy (non-hydrogen) atoms. The van der Waals surface area contributed by atoms with E-state index >= 15 is 0 Å². The number of hydrogen-bond donors (Lipinski definition) is 0. The third-order valence-electron chi connectivity index (χ3n) is 3.59. The first-order valence-electron chi connectivity index (χ1n) is 6.98. The number of thioether (sulfide) groups is 1. The molecular weight excluding hydrogens is 348 g/mol. The van der Waals surface area contributed by atoms with Crippen LogP contribution in [0.1, 0.15) is 15.9 Å². The van der Waals surface area contributed by atoms with Crippen molar-refractivity contribution in [3.63, 3.8) is 0 Å². The maximum Gasteiger partial charge on any atom is 0.279 e. The van der Waals surface area contributed by atoms with Crippen molar-refractivity contribution in [2.24, 2.45) is 12.0 Å². The lowest BCUT2D eigenvalue weighted by Gasteiger charge is -2.01. The summed E-state index contributed by atoms with van der Waals surface area (Å²) in [7, 11) is 1.92. The summed E-state index contributed by atoms with van der Waals surface area (Å²) in [6.07, 6.45) is 2.01. The van der Waals surface area contributed by atoms with E-state index in [2.05, 4.69) is 4.99 Å². The Hall–Kier alpha value is -1.56. The molecule has 6 heteroatoms. The zero-order chi connectivity index (χ0) is 16.6. The standard InChI is InChI=1S/C17H15ClN2OS2/c1-10-8-12(18)9-14-15(10)20(2)17(23-14)19-16(21)11-4-6-13(22-3)7-5-11/h4-9H,1-3H3. The third-order valence-corrected chi connectivity index (χ3v) is 5.63. The zero-order valence-corrected chi connectivity index (χ0v) is 15.4. The van der Waals surface area contributed by atoms with E-state index in [1.807, 2.05) is 61.2 Å². The minimum atomic E-state index is -0.233. The van der Waals surface area contributed by atoms with Crippen molar-refractivity contribution in [1.29, 1.82) is 0 Å². The van der Waals surface area contributed by atoms with E-state index in [-0.39, 0.29) is 5.91 Å². The first-order valence-corrected chi connectivity index (χ1v) is 9.40. The van der Waals surface area contributed by atoms with Gasteiger partial charge in [-0.2, -0.15) is 4.99 Å². The summed E-state index contributed by atoms with van der Waals surface area (Å²) in [5, 5.41) is 0.697. The molecule has 3 rings (SSSR count). The molecule has 1 aromatic heterocycles. The van der Waals surface area contributed by atoms with Crippen LogP contribution in [0.2, 0.25) is 5.02 Å². The van der Waals surface area contributed by atoms with Crippen molar-refractivity contribution in [2.45, 2.75) is 11.8 Å². The number of fused-ring (bicyclic) bond motifs is 1. The molecule has 118 valence electrons. The number of nitrogens with zero attached hydrogens (tertiary/aromatic N) is 2. The smallest absolute Gasteiger partial charge is 0.279 e. The van der Waals surface area contributed by atoms with Gasteiger partial charge in [-0.25, -0.2) is 0 Å². The molecule has 2 aromatic carbocycles. The molecule has 0 N–H and O–H groups in total. The average Bonchev–Trinajstić information content (AvgIpc) is 2.83. The van der Waals surface area contributed by atoms with Crippen LogP contribution in [0, 0.1) is 6.92 Å². The van der Waals surface area contributed by atoms with Gasteiger partial charge in [-0.1, -0.05) is 22.9 Å². The van der Waals surface area contributed by atoms with Crippen molar-refractivity contribution < 1.29 is 4.79 Å². The highest BCUT2D eigenvalue weighted by molar-refractivity contribution is 7.98. The summed E-state index contributed by atoms with van der Waals surface area (Å²) >= 11 is 9.23. The molecule has 0 fully saturated rings. The van der Waals surface area contributed by atoms with Crippen LogP contribution >= 0.6 is 34.7 Å². The number of amides is 1. The van der Waals surface area contributed by atoms with Crippen molar-refractivity contribution in [1.82, 2.24) is 4.57 Å². The molecule has 3 nitrogen and oxygen atoms in total. The number of rotatable bonds is 2. The van der Waals surface area contributed by atoms with Gasteiger partial charge >= 0.3 is 0 Å². The molecule has 0 saturated carbocycles. The number of halogens is 1. The van der Waals surface area contributed by atoms with Gasteiger partial charge in [0.25, 0.3) is 5.91 Å². The second-order valence-electron chi connectivity index (χ2n) is 5.16. The average molecular weight is 363 g/mol. The van der Waals surface area contributed by atoms with E-state index < -0.39 is 0 Å². The highest BCUT2D eigenvalue weighted by Crippen LogP contribution is 2.25. The molecule has 0 aliphatic heterocycles. The molecule has 0 saturated heterocycles. The SMILES string of the molecule is CSc1ccc(C(=O)N=c2sc3cc(Cl)cc(C)c3n2C)cc1. The number of carbonyl (C=O) groups excluding carboxylic acids is 1. The molecule has 0 aliphatic carbocycles. The maximum absolute atomic E-state index is 12.4. The number of hydrogen-bond acceptors (Lipinski definition) is 3. The molecule has 1 heterocycles. The van der Waals surface area contributed by atoms with E-state index in [9.17, 15) is 4.79 Å². The summed E-state index contributed by atoms with van der Waals surface area (Å²) in [4.78, 5) is 18.5. The Morgan fingerprint density at radius 3 is 2.61 bits per heavy atom. The Bertz CT molecular complexity index is 955. The minimum absolute atomic E-state index is 0.233. The van der Waals surface area contributed by atoms with Crippen molar-refractivity contribution >= 4 is 50.8 Å². The molecule has 1 amide bonds. The molecule has 0 atom stereocenters. The second kappa shape index (κ2) is 6.51. The van der Waals surface area contributed by atoms with E-state index in [0.717, 1.165) is 20.7 Å². The van der Waals surface area contributed by atoms with E-state index in [0.29, 0.717) is 15.4 Å². The number of thiazole rings is 1. The Balaban J connectivity index is 2.08. The molecule has 0 unspecified atom stereocenters. The maximum atomic E-state index is 12.4. The quantitative estimate of drug-likeness (QED) is 0.621. The van der Waals surface area contributed by atoms with Crippen LogP contribution in [-0.4, -0.2) is 16.7 Å². The summed E-state index contributed by atoms with van der Waals surface area (Å²) in [5.74, 6) is -0.233. The van der Waals surface area contributed by atoms with Gasteiger partial charge < -0.3 is 4.57 Å². The molecule has 3 aromatic rings. The van der Waals surface area contributed by atoms with Gasteiger partial charge in [-0.05, 0) is 55.1 Å². The largest absolute Gasteiger partial charge is 0.319 e. The van der Waals surface area contributed by atoms with Gasteiger partial charge in [0.05, 0.1) is 10.2 Å². The first-order chi connectivity index (χ1) is 11.0. The van der Waals surface area contributed by atoms with Crippen LogP contribution < -0.4 is 4.80 Å². The summed E-state index contributed by atoms with van der Waals surface area (Å²) < 4.78 is 2.97. The Morgan fingerprint density at radius 1 is 1.26 bits per heavy atom. The fraction of sp³-hybridized carbons (Fsp3) is 0.176. The van der Waals surface area contributed by atoms with Crippen LogP contribution in [0.5, 0.6) is 0 Å². The number of aromatic nitrogens is 1. The normalized spacial score (nSPS) is 12.1. The van der Waals surface area contributed by atoms with Crippen molar-refractivity contribution in [3.05, 3.63) is 57.3 Å². The number of aryl methyl sites for hydroxylation is 2. The van der Waals surface area contributed by atoms with Crippen LogP contribution in [0.4, 0.5) is 0 Å². The van der Waals surface area contributed by atoms with Gasteiger partial charge in [0.15, 0.2) is 4.80 Å². The lowest BCUT2D eigenvalue weighted by molar-refractivity contribution is 0.0998. The van der Waals surface area contributed by atoms with E-state index in [1.165, 1.54) is 11.3 Å². The lowest BCUT2D eigenvalue weighted by Crippen LogP contribution is -2.13. The highest BCUT2D eigenvalue weighted by atomic mass is 35.5. The Labute approximate surface area is 147 Å². The van der Waals surface area contributed by atoms with Crippen LogP contribution in [0.3, 0.4) is 0 Å². The van der Waals surface area contributed by atoms with Crippen molar-refractivity contribution in [3.8, 4) is 0 Å². The van der Waals surface area contributed by atoms with Crippen LogP contribution in [-0.2, 0) is 7.05 Å². The predicted molar refractivity (Wildman–Crippen MR) is 98.7 cm³/mol. The fourth-order valence-corrected chi connectivity index (χ4v) is 4.34. The molecular formula is C17H15ClN2OS2. The van der Waals surface area contributed by atoms with E-state index in [4.69, 9.17) is 11.6 Å². The molecule has 0 bridgehead atoms. The topological polar surface area (TPSA) is 34.4 Å².